The molecule has 9 heteroatoms. The molecule has 1 N–H and O–H groups in total. The van der Waals surface area contributed by atoms with Crippen molar-refractivity contribution in [3.05, 3.63) is 29.7 Å². The topological polar surface area (TPSA) is 106 Å². The number of likely N-dealkylation sites (tertiary alicyclic amines) is 1. The van der Waals surface area contributed by atoms with Crippen molar-refractivity contribution in [2.75, 3.05) is 18.4 Å². The molecule has 5 rings (SSSR count). The van der Waals surface area contributed by atoms with Crippen LogP contribution in [0.5, 0.6) is 0 Å². The highest BCUT2D eigenvalue weighted by Gasteiger charge is 2.43. The van der Waals surface area contributed by atoms with Crippen LogP contribution in [0, 0.1) is 11.8 Å². The summed E-state index contributed by atoms with van der Waals surface area (Å²) in [6.45, 7) is 1.67. The van der Waals surface area contributed by atoms with Gasteiger partial charge in [-0.25, -0.2) is 4.98 Å². The summed E-state index contributed by atoms with van der Waals surface area (Å²) in [7, 11) is 0. The molecule has 2 aliphatic heterocycles. The first kappa shape index (κ1) is 17.3. The van der Waals surface area contributed by atoms with E-state index in [1.165, 1.54) is 6.33 Å². The molecule has 3 aliphatic rings. The Morgan fingerprint density at radius 1 is 1.21 bits per heavy atom. The van der Waals surface area contributed by atoms with Crippen LogP contribution in [-0.2, 0) is 22.4 Å². The van der Waals surface area contributed by atoms with Crippen LogP contribution in [0.1, 0.15) is 42.9 Å². The van der Waals surface area contributed by atoms with E-state index in [-0.39, 0.29) is 11.8 Å². The lowest BCUT2D eigenvalue weighted by Gasteiger charge is -2.19. The van der Waals surface area contributed by atoms with E-state index < -0.39 is 0 Å². The van der Waals surface area contributed by atoms with Crippen molar-refractivity contribution in [2.45, 2.75) is 44.6 Å². The second-order valence-corrected chi connectivity index (χ2v) is 8.10. The second-order valence-electron chi connectivity index (χ2n) is 8.10. The molecule has 1 unspecified atom stereocenters. The SMILES string of the molecule is O=C1CCc2cc(CCC(=O)N3C[C@H]4CC(n5ncnn5)C[C@H]4C3)cnc2N1. The van der Waals surface area contributed by atoms with E-state index in [1.54, 1.807) is 11.0 Å². The summed E-state index contributed by atoms with van der Waals surface area (Å²) >= 11 is 0. The third kappa shape index (κ3) is 3.25. The number of amides is 2. The van der Waals surface area contributed by atoms with Crippen molar-refractivity contribution in [3.63, 3.8) is 0 Å². The molecule has 0 radical (unpaired) electrons. The van der Waals surface area contributed by atoms with Crippen LogP contribution >= 0.6 is 0 Å². The highest BCUT2D eigenvalue weighted by Crippen LogP contribution is 2.43. The maximum absolute atomic E-state index is 12.7. The van der Waals surface area contributed by atoms with Gasteiger partial charge in [0.1, 0.15) is 5.82 Å². The standard InChI is InChI=1S/C19H23N7O2/c27-17-3-2-13-5-12(8-20-19(13)23-17)1-4-18(28)25-9-14-6-16(7-15(14)10-25)26-22-11-21-24-26/h5,8,11,14-16H,1-4,6-7,9-10H2,(H,20,23,27)/t14-,15+,16?. The predicted octanol–water partition coefficient (Wildman–Crippen LogP) is 0.995. The van der Waals surface area contributed by atoms with E-state index in [0.717, 1.165) is 37.1 Å². The fraction of sp³-hybridized carbons (Fsp3) is 0.579. The molecule has 28 heavy (non-hydrogen) atoms. The average molecular weight is 381 g/mol. The van der Waals surface area contributed by atoms with Gasteiger partial charge in [0, 0.05) is 32.1 Å². The number of aryl methyl sites for hydroxylation is 2. The Balaban J connectivity index is 1.14. The minimum atomic E-state index is 0.0179. The number of pyridine rings is 1. The molecule has 1 aliphatic carbocycles. The van der Waals surface area contributed by atoms with Crippen molar-refractivity contribution in [2.24, 2.45) is 11.8 Å². The number of carbonyl (C=O) groups is 2. The smallest absolute Gasteiger partial charge is 0.225 e. The number of nitrogens with zero attached hydrogens (tertiary/aromatic N) is 6. The second kappa shape index (κ2) is 6.96. The number of nitrogens with one attached hydrogen (secondary N) is 1. The Labute approximate surface area is 162 Å². The molecule has 2 amide bonds. The number of tetrazole rings is 1. The first-order chi connectivity index (χ1) is 13.7. The van der Waals surface area contributed by atoms with Gasteiger partial charge in [-0.1, -0.05) is 6.07 Å². The first-order valence-electron chi connectivity index (χ1n) is 9.93. The van der Waals surface area contributed by atoms with Gasteiger partial charge < -0.3 is 10.2 Å². The molecule has 0 bridgehead atoms. The number of hydrogen-bond donors (Lipinski definition) is 1. The third-order valence-corrected chi connectivity index (χ3v) is 6.30. The molecule has 4 heterocycles. The van der Waals surface area contributed by atoms with Gasteiger partial charge in [0.05, 0.1) is 6.04 Å². The van der Waals surface area contributed by atoms with Crippen LogP contribution in [0.4, 0.5) is 5.82 Å². The maximum Gasteiger partial charge on any atom is 0.225 e. The number of hydrogen-bond acceptors (Lipinski definition) is 6. The summed E-state index contributed by atoms with van der Waals surface area (Å²) in [5.74, 6) is 1.97. The zero-order valence-corrected chi connectivity index (χ0v) is 15.6. The van der Waals surface area contributed by atoms with E-state index in [4.69, 9.17) is 0 Å². The van der Waals surface area contributed by atoms with Crippen LogP contribution in [-0.4, -0.2) is 55.0 Å². The Bertz CT molecular complexity index is 884. The molecule has 2 aromatic rings. The van der Waals surface area contributed by atoms with Crippen LogP contribution in [0.15, 0.2) is 18.6 Å². The molecule has 1 saturated heterocycles. The van der Waals surface area contributed by atoms with E-state index in [1.807, 2.05) is 4.90 Å². The monoisotopic (exact) mass is 381 g/mol. The summed E-state index contributed by atoms with van der Waals surface area (Å²) in [6, 6.07) is 2.39. The average Bonchev–Trinajstić information content (AvgIpc) is 3.41. The first-order valence-corrected chi connectivity index (χ1v) is 9.93. The zero-order chi connectivity index (χ0) is 19.1. The fourth-order valence-electron chi connectivity index (χ4n) is 4.85. The zero-order valence-electron chi connectivity index (χ0n) is 15.6. The van der Waals surface area contributed by atoms with Crippen LogP contribution in [0.2, 0.25) is 0 Å². The molecule has 0 aromatic carbocycles. The van der Waals surface area contributed by atoms with Crippen molar-refractivity contribution in [3.8, 4) is 0 Å². The Morgan fingerprint density at radius 3 is 2.79 bits per heavy atom. The van der Waals surface area contributed by atoms with Gasteiger partial charge in [-0.15, -0.1) is 10.2 Å². The van der Waals surface area contributed by atoms with Crippen molar-refractivity contribution in [1.82, 2.24) is 30.1 Å². The number of fused-ring (bicyclic) bond motifs is 2. The highest BCUT2D eigenvalue weighted by molar-refractivity contribution is 5.92. The van der Waals surface area contributed by atoms with Crippen LogP contribution in [0.25, 0.3) is 0 Å². The minimum Gasteiger partial charge on any atom is -0.342 e. The lowest BCUT2D eigenvalue weighted by Crippen LogP contribution is -2.30. The lowest BCUT2D eigenvalue weighted by atomic mass is 10.0. The van der Waals surface area contributed by atoms with Gasteiger partial charge in [-0.05, 0) is 53.9 Å². The van der Waals surface area contributed by atoms with Gasteiger partial charge in [0.2, 0.25) is 11.8 Å². The Hall–Kier alpha value is -2.84. The molecule has 0 spiro atoms. The Kier molecular flexibility index (Phi) is 4.29. The van der Waals surface area contributed by atoms with E-state index in [0.29, 0.717) is 49.4 Å². The summed E-state index contributed by atoms with van der Waals surface area (Å²) in [5, 5.41) is 14.8. The Morgan fingerprint density at radius 2 is 2.04 bits per heavy atom. The van der Waals surface area contributed by atoms with Gasteiger partial charge in [0.15, 0.2) is 6.33 Å². The van der Waals surface area contributed by atoms with Gasteiger partial charge in [-0.3, -0.25) is 9.59 Å². The van der Waals surface area contributed by atoms with Crippen molar-refractivity contribution >= 4 is 17.6 Å². The van der Waals surface area contributed by atoms with Crippen LogP contribution in [0.3, 0.4) is 0 Å². The minimum absolute atomic E-state index is 0.0179. The highest BCUT2D eigenvalue weighted by atomic mass is 16.2. The molecule has 2 fully saturated rings. The normalized spacial score (nSPS) is 26.1. The fourth-order valence-corrected chi connectivity index (χ4v) is 4.85. The molecular weight excluding hydrogens is 358 g/mol. The summed E-state index contributed by atoms with van der Waals surface area (Å²) in [5.41, 5.74) is 2.12. The molecule has 146 valence electrons. The van der Waals surface area contributed by atoms with Crippen molar-refractivity contribution in [1.29, 1.82) is 0 Å². The maximum atomic E-state index is 12.7. The van der Waals surface area contributed by atoms with Gasteiger partial charge in [0.25, 0.3) is 0 Å². The molecule has 1 saturated carbocycles. The number of anilines is 1. The van der Waals surface area contributed by atoms with E-state index >= 15 is 0 Å². The lowest BCUT2D eigenvalue weighted by molar-refractivity contribution is -0.130. The van der Waals surface area contributed by atoms with Gasteiger partial charge >= 0.3 is 0 Å². The molecule has 9 nitrogen and oxygen atoms in total. The van der Waals surface area contributed by atoms with Crippen molar-refractivity contribution < 1.29 is 9.59 Å². The van der Waals surface area contributed by atoms with E-state index in [2.05, 4.69) is 31.8 Å². The molecule has 2 aromatic heterocycles. The largest absolute Gasteiger partial charge is 0.342 e. The summed E-state index contributed by atoms with van der Waals surface area (Å²) < 4.78 is 0. The quantitative estimate of drug-likeness (QED) is 0.847. The predicted molar refractivity (Wildman–Crippen MR) is 99.2 cm³/mol. The molecular formula is C19H23N7O2. The van der Waals surface area contributed by atoms with Gasteiger partial charge in [-0.2, -0.15) is 4.80 Å². The number of carbonyl (C=O) groups excluding carboxylic acids is 2. The number of rotatable bonds is 4. The van der Waals surface area contributed by atoms with E-state index in [9.17, 15) is 9.59 Å². The molecule has 3 atom stereocenters. The summed E-state index contributed by atoms with van der Waals surface area (Å²) in [6.07, 6.45) is 7.69. The third-order valence-electron chi connectivity index (χ3n) is 6.30. The summed E-state index contributed by atoms with van der Waals surface area (Å²) in [4.78, 5) is 32.2. The van der Waals surface area contributed by atoms with Crippen LogP contribution < -0.4 is 5.32 Å². The number of aromatic nitrogens is 5.